The second kappa shape index (κ2) is 10.00. The van der Waals surface area contributed by atoms with Crippen molar-refractivity contribution in [3.8, 4) is 0 Å². The smallest absolute Gasteiger partial charge is 0.290 e. The van der Waals surface area contributed by atoms with E-state index in [9.17, 15) is 4.79 Å². The highest BCUT2D eigenvalue weighted by atomic mass is 16.1. The number of allylic oxidation sites excluding steroid dienone is 3. The van der Waals surface area contributed by atoms with Crippen LogP contribution in [0, 0.1) is 0 Å². The third kappa shape index (κ3) is 5.18. The highest BCUT2D eigenvalue weighted by Crippen LogP contribution is 2.27. The second-order valence-electron chi connectivity index (χ2n) is 9.21. The van der Waals surface area contributed by atoms with Crippen molar-refractivity contribution in [2.75, 3.05) is 25.5 Å². The monoisotopic (exact) mass is 465 g/mol. The largest absolute Gasteiger partial charge is 0.377 e. The van der Waals surface area contributed by atoms with Gasteiger partial charge in [0.05, 0.1) is 12.2 Å². The molecule has 0 saturated carbocycles. The van der Waals surface area contributed by atoms with Crippen molar-refractivity contribution < 1.29 is 0 Å². The Morgan fingerprint density at radius 2 is 1.97 bits per heavy atom. The highest BCUT2D eigenvalue weighted by Gasteiger charge is 2.16. The summed E-state index contributed by atoms with van der Waals surface area (Å²) in [7, 11) is 2.10. The zero-order valence-corrected chi connectivity index (χ0v) is 20.1. The molecule has 0 radical (unpaired) electrons. The molecule has 0 spiro atoms. The number of hydrogen-bond acceptors (Lipinski definition) is 4. The van der Waals surface area contributed by atoms with E-state index < -0.39 is 0 Å². The van der Waals surface area contributed by atoms with Gasteiger partial charge >= 0.3 is 0 Å². The van der Waals surface area contributed by atoms with Crippen molar-refractivity contribution in [3.05, 3.63) is 118 Å². The van der Waals surface area contributed by atoms with E-state index in [4.69, 9.17) is 0 Å². The van der Waals surface area contributed by atoms with Gasteiger partial charge in [-0.15, -0.1) is 5.73 Å². The number of fused-ring (bicyclic) bond motifs is 1. The number of nitrogens with one attached hydrogen (secondary N) is 3. The molecule has 6 nitrogen and oxygen atoms in total. The maximum absolute atomic E-state index is 12.9. The van der Waals surface area contributed by atoms with Crippen molar-refractivity contribution in [2.45, 2.75) is 25.9 Å². The number of rotatable bonds is 8. The number of hydrogen-bond donors (Lipinski definition) is 3. The number of aromatic amines is 1. The average molecular weight is 466 g/mol. The molecule has 178 valence electrons. The standard InChI is InChI=1S/C29H31N5O/c1-3-27(30-16-22-9-11-24-12-13-33(2)19-26(24)15-22)20-34-29(35)28(18-32-34)31-17-21-8-10-23-6-4-5-7-25(23)14-21/h4-8,10,12-15,18,30-32H,1,9,11,16-17,19-20H2,2H3. The number of H-pyrrole nitrogens is 1. The number of nitrogens with zero attached hydrogens (tertiary/aromatic N) is 2. The molecule has 0 saturated heterocycles. The summed E-state index contributed by atoms with van der Waals surface area (Å²) in [6, 6.07) is 14.6. The Morgan fingerprint density at radius 1 is 1.11 bits per heavy atom. The number of benzene rings is 2. The molecule has 0 unspecified atom stereocenters. The van der Waals surface area contributed by atoms with Crippen LogP contribution in [0.25, 0.3) is 10.8 Å². The Kier molecular flexibility index (Phi) is 6.47. The van der Waals surface area contributed by atoms with E-state index in [0.29, 0.717) is 18.8 Å². The molecule has 35 heavy (non-hydrogen) atoms. The van der Waals surface area contributed by atoms with Crippen LogP contribution in [-0.2, 0) is 13.1 Å². The van der Waals surface area contributed by atoms with Gasteiger partial charge in [-0.3, -0.25) is 4.79 Å². The maximum Gasteiger partial charge on any atom is 0.290 e. The van der Waals surface area contributed by atoms with Crippen LogP contribution in [0.5, 0.6) is 0 Å². The Bertz CT molecular complexity index is 1440. The molecule has 3 N–H and O–H groups in total. The molecule has 1 aromatic heterocycles. The lowest BCUT2D eigenvalue weighted by Gasteiger charge is -2.26. The van der Waals surface area contributed by atoms with Crippen molar-refractivity contribution in [2.24, 2.45) is 0 Å². The normalized spacial score (nSPS) is 15.0. The summed E-state index contributed by atoms with van der Waals surface area (Å²) in [4.78, 5) is 15.1. The molecule has 0 bridgehead atoms. The topological polar surface area (TPSA) is 65.1 Å². The van der Waals surface area contributed by atoms with Crippen LogP contribution in [0.1, 0.15) is 18.4 Å². The minimum absolute atomic E-state index is 0.0935. The van der Waals surface area contributed by atoms with Crippen LogP contribution in [0.4, 0.5) is 5.69 Å². The lowest BCUT2D eigenvalue weighted by molar-refractivity contribution is 0.488. The Morgan fingerprint density at radius 3 is 2.83 bits per heavy atom. The maximum atomic E-state index is 12.9. The van der Waals surface area contributed by atoms with Gasteiger partial charge in [0.2, 0.25) is 0 Å². The minimum atomic E-state index is -0.0935. The van der Waals surface area contributed by atoms with E-state index in [-0.39, 0.29) is 5.56 Å². The molecule has 2 heterocycles. The van der Waals surface area contributed by atoms with E-state index in [0.717, 1.165) is 37.2 Å². The van der Waals surface area contributed by atoms with Crippen LogP contribution >= 0.6 is 0 Å². The molecule has 0 amide bonds. The first kappa shape index (κ1) is 22.6. The molecule has 6 heteroatoms. The predicted octanol–water partition coefficient (Wildman–Crippen LogP) is 4.68. The van der Waals surface area contributed by atoms with E-state index in [1.165, 1.54) is 27.5 Å². The molecule has 1 aliphatic heterocycles. The lowest BCUT2D eigenvalue weighted by Crippen LogP contribution is -2.27. The molecule has 3 aromatic rings. The Hall–Kier alpha value is -4.15. The van der Waals surface area contributed by atoms with Gasteiger partial charge in [0.25, 0.3) is 5.56 Å². The zero-order valence-electron chi connectivity index (χ0n) is 20.1. The first-order valence-electron chi connectivity index (χ1n) is 12.0. The van der Waals surface area contributed by atoms with E-state index >= 15 is 0 Å². The summed E-state index contributed by atoms with van der Waals surface area (Å²) in [5, 5.41) is 12.2. The molecular weight excluding hydrogens is 434 g/mol. The van der Waals surface area contributed by atoms with Crippen molar-refractivity contribution in [3.63, 3.8) is 0 Å². The van der Waals surface area contributed by atoms with Gasteiger partial charge in [-0.05, 0) is 58.7 Å². The quantitative estimate of drug-likeness (QED) is 0.423. The molecule has 0 fully saturated rings. The van der Waals surface area contributed by atoms with Gasteiger partial charge in [-0.2, -0.15) is 0 Å². The van der Waals surface area contributed by atoms with Crippen LogP contribution in [0.15, 0.2) is 107 Å². The summed E-state index contributed by atoms with van der Waals surface area (Å²) in [5.41, 5.74) is 9.52. The van der Waals surface area contributed by atoms with Crippen LogP contribution < -0.4 is 16.2 Å². The Labute approximate surface area is 205 Å². The third-order valence-corrected chi connectivity index (χ3v) is 6.65. The molecular formula is C29H31N5O. The molecule has 2 aliphatic rings. The lowest BCUT2D eigenvalue weighted by atomic mass is 9.90. The third-order valence-electron chi connectivity index (χ3n) is 6.65. The van der Waals surface area contributed by atoms with Crippen molar-refractivity contribution in [1.82, 2.24) is 20.0 Å². The Balaban J connectivity index is 1.19. The van der Waals surface area contributed by atoms with E-state index in [1.807, 2.05) is 12.1 Å². The fourth-order valence-electron chi connectivity index (χ4n) is 4.63. The van der Waals surface area contributed by atoms with Crippen LogP contribution in [-0.4, -0.2) is 34.8 Å². The predicted molar refractivity (Wildman–Crippen MR) is 143 cm³/mol. The van der Waals surface area contributed by atoms with Gasteiger partial charge < -0.3 is 20.6 Å². The van der Waals surface area contributed by atoms with Gasteiger partial charge in [0.15, 0.2) is 0 Å². The van der Waals surface area contributed by atoms with Crippen LogP contribution in [0.3, 0.4) is 0 Å². The number of likely N-dealkylation sites (N-methyl/N-ethyl adjacent to an activating group) is 1. The molecule has 2 aromatic carbocycles. The van der Waals surface area contributed by atoms with Crippen molar-refractivity contribution in [1.29, 1.82) is 0 Å². The van der Waals surface area contributed by atoms with Gasteiger partial charge in [0, 0.05) is 32.9 Å². The van der Waals surface area contributed by atoms with Gasteiger partial charge in [-0.25, -0.2) is 4.68 Å². The summed E-state index contributed by atoms with van der Waals surface area (Å²) in [6.07, 6.45) is 10.5. The number of aromatic nitrogens is 2. The minimum Gasteiger partial charge on any atom is -0.377 e. The highest BCUT2D eigenvalue weighted by molar-refractivity contribution is 5.83. The first-order chi connectivity index (χ1) is 17.1. The number of anilines is 1. The van der Waals surface area contributed by atoms with Crippen molar-refractivity contribution >= 4 is 16.5 Å². The fraction of sp³-hybridized carbons (Fsp3) is 0.241. The second-order valence-corrected chi connectivity index (χ2v) is 9.21. The van der Waals surface area contributed by atoms with E-state index in [2.05, 4.69) is 88.7 Å². The van der Waals surface area contributed by atoms with E-state index in [1.54, 1.807) is 10.9 Å². The summed E-state index contributed by atoms with van der Waals surface area (Å²) in [5.74, 6) is 0. The summed E-state index contributed by atoms with van der Waals surface area (Å²) >= 11 is 0. The molecule has 0 atom stereocenters. The fourth-order valence-corrected chi connectivity index (χ4v) is 4.63. The first-order valence-corrected chi connectivity index (χ1v) is 12.0. The average Bonchev–Trinajstić information content (AvgIpc) is 3.23. The van der Waals surface area contributed by atoms with Gasteiger partial charge in [0.1, 0.15) is 5.69 Å². The summed E-state index contributed by atoms with van der Waals surface area (Å²) < 4.78 is 1.57. The van der Waals surface area contributed by atoms with Crippen LogP contribution in [0.2, 0.25) is 0 Å². The molecule has 5 rings (SSSR count). The van der Waals surface area contributed by atoms with Gasteiger partial charge in [-0.1, -0.05) is 54.6 Å². The SMILES string of the molecule is C=C=C(Cn1[nH]cc(NCc2ccc3ccccc3c2)c1=O)NCC1=CC2=C(C=CN(C)C2)CC1. The molecule has 1 aliphatic carbocycles. The summed E-state index contributed by atoms with van der Waals surface area (Å²) in [6.45, 7) is 6.45. The zero-order chi connectivity index (χ0) is 24.2.